The van der Waals surface area contributed by atoms with Gasteiger partial charge in [-0.05, 0) is 47.0 Å². The fourth-order valence-corrected chi connectivity index (χ4v) is 4.38. The number of rotatable bonds is 9. The average molecular weight is 561 g/mol. The molecule has 204 valence electrons. The van der Waals surface area contributed by atoms with Gasteiger partial charge in [0.15, 0.2) is 0 Å². The van der Waals surface area contributed by atoms with E-state index in [0.29, 0.717) is 11.3 Å². The molecule has 0 fully saturated rings. The number of aromatic nitrogens is 1. The number of carbonyl (C=O) groups excluding carboxylic acids is 2. The zero-order chi connectivity index (χ0) is 28.6. The van der Waals surface area contributed by atoms with Crippen LogP contribution in [0, 0.1) is 10.1 Å². The van der Waals surface area contributed by atoms with E-state index in [2.05, 4.69) is 15.4 Å². The average Bonchev–Trinajstić information content (AvgIpc) is 2.95. The summed E-state index contributed by atoms with van der Waals surface area (Å²) in [4.78, 5) is 49.3. The van der Waals surface area contributed by atoms with Crippen molar-refractivity contribution in [2.24, 2.45) is 0 Å². The topological polar surface area (TPSA) is 133 Å². The number of benzene rings is 3. The Kier molecular flexibility index (Phi) is 8.93. The highest BCUT2D eigenvalue weighted by Crippen LogP contribution is 2.32. The summed E-state index contributed by atoms with van der Waals surface area (Å²) in [6, 6.07) is 22.2. The standard InChI is InChI=1S/C29H25ClN4O6/c1-40-29(37)32-23-9-5-8-20(14-23)18-31-28(36)26(15-19-6-3-2-4-7-19)33-13-12-21(16-27(33)35)24-17-22(30)10-11-25(24)34(38)39/h2-14,16-17,26H,15,18H2,1H3,(H,31,36)(H,32,37). The van der Waals surface area contributed by atoms with Crippen LogP contribution in [0.3, 0.4) is 0 Å². The minimum atomic E-state index is -0.908. The molecule has 0 aliphatic rings. The second-order valence-corrected chi connectivity index (χ2v) is 9.26. The summed E-state index contributed by atoms with van der Waals surface area (Å²) in [7, 11) is 1.26. The lowest BCUT2D eigenvalue weighted by molar-refractivity contribution is -0.384. The van der Waals surface area contributed by atoms with Crippen molar-refractivity contribution < 1.29 is 19.2 Å². The number of halogens is 1. The summed E-state index contributed by atoms with van der Waals surface area (Å²) < 4.78 is 5.91. The lowest BCUT2D eigenvalue weighted by Crippen LogP contribution is -2.38. The molecule has 2 N–H and O–H groups in total. The van der Waals surface area contributed by atoms with E-state index < -0.39 is 28.5 Å². The summed E-state index contributed by atoms with van der Waals surface area (Å²) in [5, 5.41) is 17.3. The molecule has 0 spiro atoms. The molecule has 0 aliphatic heterocycles. The van der Waals surface area contributed by atoms with Gasteiger partial charge >= 0.3 is 6.09 Å². The van der Waals surface area contributed by atoms with E-state index in [1.165, 1.54) is 42.1 Å². The van der Waals surface area contributed by atoms with Crippen LogP contribution in [0.15, 0.2) is 95.9 Å². The predicted octanol–water partition coefficient (Wildman–Crippen LogP) is 5.36. The summed E-state index contributed by atoms with van der Waals surface area (Å²) in [6.07, 6.45) is 1.07. The summed E-state index contributed by atoms with van der Waals surface area (Å²) in [6.45, 7) is 0.141. The number of nitrogens with zero attached hydrogens (tertiary/aromatic N) is 2. The number of ether oxygens (including phenoxy) is 1. The van der Waals surface area contributed by atoms with Crippen LogP contribution in [-0.2, 0) is 22.5 Å². The number of pyridine rings is 1. The smallest absolute Gasteiger partial charge is 0.411 e. The molecular weight excluding hydrogens is 536 g/mol. The third kappa shape index (κ3) is 6.91. The fraction of sp³-hybridized carbons (Fsp3) is 0.138. The zero-order valence-electron chi connectivity index (χ0n) is 21.4. The minimum Gasteiger partial charge on any atom is -0.453 e. The van der Waals surface area contributed by atoms with Gasteiger partial charge in [0, 0.05) is 42.0 Å². The van der Waals surface area contributed by atoms with Gasteiger partial charge in [0.1, 0.15) is 6.04 Å². The van der Waals surface area contributed by atoms with E-state index in [9.17, 15) is 24.5 Å². The zero-order valence-corrected chi connectivity index (χ0v) is 22.1. The van der Waals surface area contributed by atoms with E-state index in [0.717, 1.165) is 11.1 Å². The van der Waals surface area contributed by atoms with Crippen LogP contribution in [0.2, 0.25) is 5.02 Å². The van der Waals surface area contributed by atoms with Gasteiger partial charge in [-0.25, -0.2) is 4.79 Å². The maximum atomic E-state index is 13.5. The highest BCUT2D eigenvalue weighted by molar-refractivity contribution is 6.31. The lowest BCUT2D eigenvalue weighted by atomic mass is 10.0. The molecule has 3 aromatic carbocycles. The molecule has 2 amide bonds. The lowest BCUT2D eigenvalue weighted by Gasteiger charge is -2.20. The fourth-order valence-electron chi connectivity index (χ4n) is 4.20. The Balaban J connectivity index is 1.62. The van der Waals surface area contributed by atoms with Crippen molar-refractivity contribution in [3.8, 4) is 11.1 Å². The molecule has 0 saturated carbocycles. The Morgan fingerprint density at radius 1 is 1.00 bits per heavy atom. The van der Waals surface area contributed by atoms with Crippen LogP contribution in [0.5, 0.6) is 0 Å². The van der Waals surface area contributed by atoms with Crippen molar-refractivity contribution in [2.45, 2.75) is 19.0 Å². The largest absolute Gasteiger partial charge is 0.453 e. The van der Waals surface area contributed by atoms with Crippen LogP contribution in [-0.4, -0.2) is 28.6 Å². The summed E-state index contributed by atoms with van der Waals surface area (Å²) in [5.41, 5.74) is 1.87. The van der Waals surface area contributed by atoms with Crippen LogP contribution in [0.4, 0.5) is 16.2 Å². The molecular formula is C29H25ClN4O6. The van der Waals surface area contributed by atoms with Crippen molar-refractivity contribution in [1.82, 2.24) is 9.88 Å². The van der Waals surface area contributed by atoms with Gasteiger partial charge in [0.25, 0.3) is 11.2 Å². The van der Waals surface area contributed by atoms with Crippen molar-refractivity contribution in [1.29, 1.82) is 0 Å². The Labute approximate surface area is 234 Å². The first kappa shape index (κ1) is 28.1. The van der Waals surface area contributed by atoms with Gasteiger partial charge in [-0.15, -0.1) is 0 Å². The van der Waals surface area contributed by atoms with Gasteiger partial charge in [-0.1, -0.05) is 54.1 Å². The Morgan fingerprint density at radius 2 is 1.75 bits per heavy atom. The quantitative estimate of drug-likeness (QED) is 0.209. The minimum absolute atomic E-state index is 0.141. The normalized spacial score (nSPS) is 11.3. The predicted molar refractivity (Wildman–Crippen MR) is 151 cm³/mol. The number of anilines is 1. The number of nitro benzene ring substituents is 1. The molecule has 0 aliphatic carbocycles. The number of carbonyl (C=O) groups is 2. The van der Waals surface area contributed by atoms with Gasteiger partial charge in [-0.2, -0.15) is 0 Å². The maximum absolute atomic E-state index is 13.5. The molecule has 1 heterocycles. The molecule has 1 aromatic heterocycles. The second-order valence-electron chi connectivity index (χ2n) is 8.82. The molecule has 0 saturated heterocycles. The highest BCUT2D eigenvalue weighted by atomic mass is 35.5. The van der Waals surface area contributed by atoms with Gasteiger partial charge in [-0.3, -0.25) is 25.0 Å². The Morgan fingerprint density at radius 3 is 2.45 bits per heavy atom. The van der Waals surface area contributed by atoms with Gasteiger partial charge in [0.05, 0.1) is 17.6 Å². The second kappa shape index (κ2) is 12.7. The first-order chi connectivity index (χ1) is 19.2. The number of methoxy groups -OCH3 is 1. The van der Waals surface area contributed by atoms with E-state index >= 15 is 0 Å². The van der Waals surface area contributed by atoms with Crippen molar-refractivity contribution in [3.05, 3.63) is 128 Å². The van der Waals surface area contributed by atoms with Crippen LogP contribution in [0.1, 0.15) is 17.2 Å². The molecule has 0 radical (unpaired) electrons. The highest BCUT2D eigenvalue weighted by Gasteiger charge is 2.23. The maximum Gasteiger partial charge on any atom is 0.411 e. The third-order valence-electron chi connectivity index (χ3n) is 6.15. The molecule has 1 atom stereocenters. The van der Waals surface area contributed by atoms with E-state index in [4.69, 9.17) is 11.6 Å². The summed E-state index contributed by atoms with van der Waals surface area (Å²) in [5.74, 6) is -0.404. The van der Waals surface area contributed by atoms with Crippen LogP contribution in [0.25, 0.3) is 11.1 Å². The van der Waals surface area contributed by atoms with E-state index in [-0.39, 0.29) is 29.2 Å². The molecule has 4 rings (SSSR count). The Bertz CT molecular complexity index is 1610. The van der Waals surface area contributed by atoms with Crippen LogP contribution < -0.4 is 16.2 Å². The van der Waals surface area contributed by atoms with E-state index in [1.807, 2.05) is 30.3 Å². The van der Waals surface area contributed by atoms with E-state index in [1.54, 1.807) is 30.3 Å². The SMILES string of the molecule is COC(=O)Nc1cccc(CNC(=O)C(Cc2ccccc2)n2ccc(-c3cc(Cl)ccc3[N+](=O)[O-])cc2=O)c1. The number of hydrogen-bond donors (Lipinski definition) is 2. The molecule has 40 heavy (non-hydrogen) atoms. The molecule has 0 bridgehead atoms. The van der Waals surface area contributed by atoms with Gasteiger partial charge < -0.3 is 14.6 Å². The van der Waals surface area contributed by atoms with Crippen molar-refractivity contribution in [2.75, 3.05) is 12.4 Å². The number of amides is 2. The molecule has 4 aromatic rings. The number of nitro groups is 1. The molecule has 1 unspecified atom stereocenters. The third-order valence-corrected chi connectivity index (χ3v) is 6.39. The Hall–Kier alpha value is -4.96. The van der Waals surface area contributed by atoms with Crippen LogP contribution >= 0.6 is 11.6 Å². The number of nitrogens with one attached hydrogen (secondary N) is 2. The summed E-state index contributed by atoms with van der Waals surface area (Å²) >= 11 is 6.07. The number of hydrogen-bond acceptors (Lipinski definition) is 6. The monoisotopic (exact) mass is 560 g/mol. The molecule has 10 nitrogen and oxygen atoms in total. The molecule has 11 heteroatoms. The first-order valence-corrected chi connectivity index (χ1v) is 12.5. The first-order valence-electron chi connectivity index (χ1n) is 12.2. The van der Waals surface area contributed by atoms with Crippen molar-refractivity contribution >= 4 is 35.0 Å². The van der Waals surface area contributed by atoms with Crippen molar-refractivity contribution in [3.63, 3.8) is 0 Å². The van der Waals surface area contributed by atoms with Gasteiger partial charge in [0.2, 0.25) is 5.91 Å².